The largest absolute Gasteiger partial charge is 0.330 e. The molecule has 0 unspecified atom stereocenters. The molecule has 0 aliphatic rings. The maximum Gasteiger partial charge on any atom is 0.251 e. The van der Waals surface area contributed by atoms with Gasteiger partial charge in [-0.2, -0.15) is 0 Å². The molecule has 0 spiro atoms. The van der Waals surface area contributed by atoms with E-state index < -0.39 is 0 Å². The number of nitrogens with zero attached hydrogens (tertiary/aromatic N) is 1. The van der Waals surface area contributed by atoms with Crippen LogP contribution in [-0.2, 0) is 6.42 Å². The van der Waals surface area contributed by atoms with Crippen molar-refractivity contribution in [3.63, 3.8) is 0 Å². The Morgan fingerprint density at radius 3 is 2.56 bits per heavy atom. The molecule has 1 aromatic heterocycles. The van der Waals surface area contributed by atoms with Crippen LogP contribution in [0.3, 0.4) is 0 Å². The summed E-state index contributed by atoms with van der Waals surface area (Å²) in [6.45, 7) is 0.639. The lowest BCUT2D eigenvalue weighted by molar-refractivity contribution is 0.968. The van der Waals surface area contributed by atoms with E-state index in [-0.39, 0.29) is 5.56 Å². The molecule has 0 fully saturated rings. The Kier molecular flexibility index (Phi) is 3.12. The van der Waals surface area contributed by atoms with Crippen LogP contribution in [0.15, 0.2) is 41.3 Å². The lowest BCUT2D eigenvalue weighted by Gasteiger charge is -2.02. The van der Waals surface area contributed by atoms with Crippen LogP contribution in [0.5, 0.6) is 0 Å². The van der Waals surface area contributed by atoms with E-state index in [1.165, 1.54) is 17.8 Å². The molecule has 0 radical (unpaired) electrons. The zero-order valence-corrected chi connectivity index (χ0v) is 8.81. The fourth-order valence-corrected chi connectivity index (χ4v) is 1.51. The Balaban J connectivity index is 2.31. The van der Waals surface area contributed by atoms with E-state index in [1.807, 2.05) is 24.3 Å². The first kappa shape index (κ1) is 10.6. The molecule has 3 N–H and O–H groups in total. The van der Waals surface area contributed by atoms with E-state index in [0.29, 0.717) is 12.4 Å². The molecule has 0 aliphatic heterocycles. The van der Waals surface area contributed by atoms with Crippen LogP contribution >= 0.6 is 0 Å². The minimum atomic E-state index is -0.143. The summed E-state index contributed by atoms with van der Waals surface area (Å²) in [5.74, 6) is 0.590. The van der Waals surface area contributed by atoms with Crippen LogP contribution in [0.1, 0.15) is 5.56 Å². The second kappa shape index (κ2) is 4.72. The smallest absolute Gasteiger partial charge is 0.251 e. The number of aromatic amines is 1. The molecule has 0 amide bonds. The average molecular weight is 215 g/mol. The molecule has 2 rings (SSSR count). The van der Waals surface area contributed by atoms with Crippen molar-refractivity contribution in [2.24, 2.45) is 5.73 Å². The fraction of sp³-hybridized carbons (Fsp3) is 0.167. The van der Waals surface area contributed by atoms with Crippen LogP contribution in [0.2, 0.25) is 0 Å². The predicted octanol–water partition coefficient (Wildman–Crippen LogP) is 0.938. The molecule has 0 atom stereocenters. The summed E-state index contributed by atoms with van der Waals surface area (Å²) in [4.78, 5) is 17.9. The number of nitrogens with one attached hydrogen (secondary N) is 1. The molecule has 4 heteroatoms. The number of hydrogen-bond donors (Lipinski definition) is 2. The molecule has 4 nitrogen and oxygen atoms in total. The highest BCUT2D eigenvalue weighted by Gasteiger charge is 1.99. The molecule has 82 valence electrons. The molecular weight excluding hydrogens is 202 g/mol. The molecular formula is C12H13N3O. The quantitative estimate of drug-likeness (QED) is 0.800. The Bertz CT molecular complexity index is 516. The molecule has 0 bridgehead atoms. The Morgan fingerprint density at radius 2 is 1.94 bits per heavy atom. The molecule has 2 aromatic rings. The molecule has 0 saturated carbocycles. The van der Waals surface area contributed by atoms with Crippen molar-refractivity contribution in [1.82, 2.24) is 9.97 Å². The highest BCUT2D eigenvalue weighted by Crippen LogP contribution is 2.13. The summed E-state index contributed by atoms with van der Waals surface area (Å²) in [6.07, 6.45) is 2.36. The second-order valence-electron chi connectivity index (χ2n) is 3.52. The topological polar surface area (TPSA) is 71.8 Å². The van der Waals surface area contributed by atoms with Gasteiger partial charge in [-0.25, -0.2) is 4.98 Å². The zero-order chi connectivity index (χ0) is 11.4. The molecule has 0 aliphatic carbocycles. The van der Waals surface area contributed by atoms with Gasteiger partial charge < -0.3 is 10.7 Å². The normalized spacial score (nSPS) is 10.3. The number of nitrogens with two attached hydrogens (primary N) is 1. The molecule has 1 aromatic carbocycles. The van der Waals surface area contributed by atoms with E-state index in [4.69, 9.17) is 5.73 Å². The van der Waals surface area contributed by atoms with Gasteiger partial charge in [-0.05, 0) is 18.5 Å². The lowest BCUT2D eigenvalue weighted by atomic mass is 10.1. The second-order valence-corrected chi connectivity index (χ2v) is 3.52. The molecule has 16 heavy (non-hydrogen) atoms. The van der Waals surface area contributed by atoms with Crippen molar-refractivity contribution in [3.8, 4) is 11.4 Å². The van der Waals surface area contributed by atoms with Crippen LogP contribution in [0.25, 0.3) is 11.4 Å². The Morgan fingerprint density at radius 1 is 1.19 bits per heavy atom. The third-order valence-electron chi connectivity index (χ3n) is 2.33. The summed E-state index contributed by atoms with van der Waals surface area (Å²) < 4.78 is 0. The third kappa shape index (κ3) is 2.35. The minimum absolute atomic E-state index is 0.143. The van der Waals surface area contributed by atoms with Crippen molar-refractivity contribution in [1.29, 1.82) is 0 Å². The first-order valence-corrected chi connectivity index (χ1v) is 5.14. The van der Waals surface area contributed by atoms with E-state index >= 15 is 0 Å². The number of aromatic nitrogens is 2. The third-order valence-corrected chi connectivity index (χ3v) is 2.33. The van der Waals surface area contributed by atoms with Gasteiger partial charge in [0.1, 0.15) is 5.82 Å². The number of benzene rings is 1. The Labute approximate surface area is 93.2 Å². The SMILES string of the molecule is NCCc1ccc(-c2nccc(=O)[nH]2)cc1. The van der Waals surface area contributed by atoms with Crippen LogP contribution in [0, 0.1) is 0 Å². The van der Waals surface area contributed by atoms with Crippen LogP contribution in [-0.4, -0.2) is 16.5 Å². The predicted molar refractivity (Wildman–Crippen MR) is 63.1 cm³/mol. The highest BCUT2D eigenvalue weighted by atomic mass is 16.1. The first-order chi connectivity index (χ1) is 7.79. The van der Waals surface area contributed by atoms with Gasteiger partial charge in [0.15, 0.2) is 0 Å². The molecule has 1 heterocycles. The molecule has 0 saturated heterocycles. The van der Waals surface area contributed by atoms with Crippen LogP contribution < -0.4 is 11.3 Å². The van der Waals surface area contributed by atoms with Crippen molar-refractivity contribution in [2.45, 2.75) is 6.42 Å². The lowest BCUT2D eigenvalue weighted by Crippen LogP contribution is -2.06. The van der Waals surface area contributed by atoms with Crippen molar-refractivity contribution in [3.05, 3.63) is 52.4 Å². The zero-order valence-electron chi connectivity index (χ0n) is 8.81. The summed E-state index contributed by atoms with van der Waals surface area (Å²) in [5, 5.41) is 0. The summed E-state index contributed by atoms with van der Waals surface area (Å²) >= 11 is 0. The van der Waals surface area contributed by atoms with Gasteiger partial charge in [-0.15, -0.1) is 0 Å². The van der Waals surface area contributed by atoms with Crippen molar-refractivity contribution >= 4 is 0 Å². The monoisotopic (exact) mass is 215 g/mol. The van der Waals surface area contributed by atoms with Gasteiger partial charge in [0.05, 0.1) is 0 Å². The fourth-order valence-electron chi connectivity index (χ4n) is 1.51. The van der Waals surface area contributed by atoms with Gasteiger partial charge in [0.2, 0.25) is 0 Å². The Hall–Kier alpha value is -1.94. The number of H-pyrrole nitrogens is 1. The number of rotatable bonds is 3. The average Bonchev–Trinajstić information content (AvgIpc) is 2.30. The van der Waals surface area contributed by atoms with Gasteiger partial charge in [-0.1, -0.05) is 24.3 Å². The van der Waals surface area contributed by atoms with Crippen LogP contribution in [0.4, 0.5) is 0 Å². The van der Waals surface area contributed by atoms with E-state index in [2.05, 4.69) is 9.97 Å². The van der Waals surface area contributed by atoms with Gasteiger partial charge >= 0.3 is 0 Å². The maximum absolute atomic E-state index is 11.1. The standard InChI is InChI=1S/C12H13N3O/c13-7-5-9-1-3-10(4-2-9)12-14-8-6-11(16)15-12/h1-4,6,8H,5,7,13H2,(H,14,15,16). The van der Waals surface area contributed by atoms with E-state index in [9.17, 15) is 4.79 Å². The van der Waals surface area contributed by atoms with Gasteiger partial charge in [0.25, 0.3) is 5.56 Å². The highest BCUT2D eigenvalue weighted by molar-refractivity contribution is 5.54. The van der Waals surface area contributed by atoms with Gasteiger partial charge in [-0.3, -0.25) is 4.79 Å². The summed E-state index contributed by atoms with van der Waals surface area (Å²) in [5.41, 5.74) is 7.41. The van der Waals surface area contributed by atoms with Crippen molar-refractivity contribution < 1.29 is 0 Å². The number of hydrogen-bond acceptors (Lipinski definition) is 3. The summed E-state index contributed by atoms with van der Waals surface area (Å²) in [6, 6.07) is 9.25. The van der Waals surface area contributed by atoms with E-state index in [0.717, 1.165) is 12.0 Å². The summed E-state index contributed by atoms with van der Waals surface area (Å²) in [7, 11) is 0. The maximum atomic E-state index is 11.1. The minimum Gasteiger partial charge on any atom is -0.330 e. The first-order valence-electron chi connectivity index (χ1n) is 5.14. The van der Waals surface area contributed by atoms with Gasteiger partial charge in [0, 0.05) is 17.8 Å². The van der Waals surface area contributed by atoms with E-state index in [1.54, 1.807) is 0 Å². The van der Waals surface area contributed by atoms with Crippen molar-refractivity contribution in [2.75, 3.05) is 6.54 Å².